The van der Waals surface area contributed by atoms with E-state index in [4.69, 9.17) is 5.73 Å². The van der Waals surface area contributed by atoms with Crippen LogP contribution in [0.5, 0.6) is 0 Å². The highest BCUT2D eigenvalue weighted by atomic mass is 32.2. The molecule has 1 aliphatic carbocycles. The molecule has 0 aliphatic heterocycles. The molecule has 0 aromatic heterocycles. The Morgan fingerprint density at radius 3 is 2.68 bits per heavy atom. The number of rotatable bonds is 4. The van der Waals surface area contributed by atoms with Crippen LogP contribution in [0.1, 0.15) is 19.3 Å². The van der Waals surface area contributed by atoms with Crippen LogP contribution in [0.25, 0.3) is 0 Å². The zero-order chi connectivity index (χ0) is 14.0. The van der Waals surface area contributed by atoms with Crippen molar-refractivity contribution in [1.82, 2.24) is 4.72 Å². The van der Waals surface area contributed by atoms with E-state index in [0.717, 1.165) is 31.4 Å². The molecule has 3 N–H and O–H groups in total. The van der Waals surface area contributed by atoms with Gasteiger partial charge in [0.1, 0.15) is 16.5 Å². The first-order chi connectivity index (χ1) is 8.88. The van der Waals surface area contributed by atoms with Crippen molar-refractivity contribution in [3.8, 4) is 0 Å². The molecule has 2 atom stereocenters. The lowest BCUT2D eigenvalue weighted by atomic mass is 10.1. The van der Waals surface area contributed by atoms with E-state index >= 15 is 0 Å². The van der Waals surface area contributed by atoms with Crippen LogP contribution in [0.3, 0.4) is 0 Å². The van der Waals surface area contributed by atoms with Crippen LogP contribution in [-0.4, -0.2) is 21.0 Å². The lowest BCUT2D eigenvalue weighted by Gasteiger charge is -2.12. The van der Waals surface area contributed by atoms with Gasteiger partial charge in [0.25, 0.3) is 0 Å². The monoisotopic (exact) mass is 290 g/mol. The summed E-state index contributed by atoms with van der Waals surface area (Å²) in [5.41, 5.74) is 5.73. The van der Waals surface area contributed by atoms with Gasteiger partial charge in [-0.05, 0) is 43.4 Å². The number of nitrogens with one attached hydrogen (secondary N) is 1. The van der Waals surface area contributed by atoms with Crippen molar-refractivity contribution in [3.05, 3.63) is 29.8 Å². The van der Waals surface area contributed by atoms with Crippen LogP contribution in [0.4, 0.5) is 8.78 Å². The van der Waals surface area contributed by atoms with Gasteiger partial charge in [0.05, 0.1) is 0 Å². The van der Waals surface area contributed by atoms with Gasteiger partial charge in [-0.2, -0.15) is 0 Å². The largest absolute Gasteiger partial charge is 0.328 e. The summed E-state index contributed by atoms with van der Waals surface area (Å²) in [6.45, 7) is 0.200. The second-order valence-electron chi connectivity index (χ2n) is 4.87. The summed E-state index contributed by atoms with van der Waals surface area (Å²) >= 11 is 0. The Morgan fingerprint density at radius 1 is 1.32 bits per heavy atom. The molecule has 2 rings (SSSR count). The van der Waals surface area contributed by atoms with Crippen molar-refractivity contribution in [1.29, 1.82) is 0 Å². The van der Waals surface area contributed by atoms with Crippen LogP contribution in [0, 0.1) is 17.6 Å². The predicted molar refractivity (Wildman–Crippen MR) is 66.9 cm³/mol. The number of halogens is 2. The van der Waals surface area contributed by atoms with E-state index in [2.05, 4.69) is 4.72 Å². The third-order valence-electron chi connectivity index (χ3n) is 3.33. The Kier molecular flexibility index (Phi) is 4.17. The van der Waals surface area contributed by atoms with Gasteiger partial charge in [-0.1, -0.05) is 0 Å². The number of nitrogens with two attached hydrogens (primary N) is 1. The van der Waals surface area contributed by atoms with Gasteiger partial charge in [0.15, 0.2) is 0 Å². The van der Waals surface area contributed by atoms with Gasteiger partial charge >= 0.3 is 0 Å². The molecule has 1 saturated carbocycles. The summed E-state index contributed by atoms with van der Waals surface area (Å²) in [6.07, 6.45) is 2.45. The van der Waals surface area contributed by atoms with E-state index in [1.54, 1.807) is 0 Å². The highest BCUT2D eigenvalue weighted by molar-refractivity contribution is 7.89. The normalized spacial score (nSPS) is 23.7. The second-order valence-corrected chi connectivity index (χ2v) is 6.60. The van der Waals surface area contributed by atoms with E-state index in [1.807, 2.05) is 0 Å². The van der Waals surface area contributed by atoms with E-state index in [-0.39, 0.29) is 18.5 Å². The molecule has 1 aromatic carbocycles. The predicted octanol–water partition coefficient (Wildman–Crippen LogP) is 1.37. The molecule has 0 amide bonds. The average molecular weight is 290 g/mol. The molecular weight excluding hydrogens is 274 g/mol. The SMILES string of the molecule is NC1CCC(CNS(=O)(=O)c2cc(F)ccc2F)C1. The van der Waals surface area contributed by atoms with Gasteiger partial charge in [0, 0.05) is 12.6 Å². The first-order valence-corrected chi connectivity index (χ1v) is 7.57. The summed E-state index contributed by atoms with van der Waals surface area (Å²) in [5.74, 6) is -1.59. The molecule has 1 aromatic rings. The molecule has 1 fully saturated rings. The number of benzene rings is 1. The maximum Gasteiger partial charge on any atom is 0.243 e. The van der Waals surface area contributed by atoms with Crippen molar-refractivity contribution in [3.63, 3.8) is 0 Å². The molecule has 4 nitrogen and oxygen atoms in total. The molecule has 0 spiro atoms. The molecule has 2 unspecified atom stereocenters. The maximum absolute atomic E-state index is 13.4. The summed E-state index contributed by atoms with van der Waals surface area (Å²) < 4.78 is 52.5. The molecule has 106 valence electrons. The fraction of sp³-hybridized carbons (Fsp3) is 0.500. The molecule has 19 heavy (non-hydrogen) atoms. The van der Waals surface area contributed by atoms with Crippen molar-refractivity contribution in [2.24, 2.45) is 11.7 Å². The minimum absolute atomic E-state index is 0.0976. The zero-order valence-electron chi connectivity index (χ0n) is 10.3. The van der Waals surface area contributed by atoms with E-state index < -0.39 is 26.6 Å². The van der Waals surface area contributed by atoms with E-state index in [1.165, 1.54) is 0 Å². The van der Waals surface area contributed by atoms with Gasteiger partial charge in [-0.25, -0.2) is 21.9 Å². The Labute approximate surface area is 111 Å². The van der Waals surface area contributed by atoms with Crippen LogP contribution >= 0.6 is 0 Å². The van der Waals surface area contributed by atoms with Gasteiger partial charge in [0.2, 0.25) is 10.0 Å². The highest BCUT2D eigenvalue weighted by Crippen LogP contribution is 2.24. The Bertz CT molecular complexity index is 563. The maximum atomic E-state index is 13.4. The fourth-order valence-corrected chi connectivity index (χ4v) is 3.49. The van der Waals surface area contributed by atoms with Gasteiger partial charge < -0.3 is 5.73 Å². The Morgan fingerprint density at radius 2 is 2.05 bits per heavy atom. The van der Waals surface area contributed by atoms with Crippen molar-refractivity contribution in [2.45, 2.75) is 30.2 Å². The molecule has 0 saturated heterocycles. The topological polar surface area (TPSA) is 72.2 Å². The van der Waals surface area contributed by atoms with Crippen LogP contribution in [0.2, 0.25) is 0 Å². The van der Waals surface area contributed by atoms with Gasteiger partial charge in [-0.15, -0.1) is 0 Å². The van der Waals surface area contributed by atoms with Crippen LogP contribution in [-0.2, 0) is 10.0 Å². The summed E-state index contributed by atoms with van der Waals surface area (Å²) in [5, 5.41) is 0. The quantitative estimate of drug-likeness (QED) is 0.879. The lowest BCUT2D eigenvalue weighted by molar-refractivity contribution is 0.506. The van der Waals surface area contributed by atoms with Crippen molar-refractivity contribution >= 4 is 10.0 Å². The first kappa shape index (κ1) is 14.4. The van der Waals surface area contributed by atoms with E-state index in [9.17, 15) is 17.2 Å². The Hall–Kier alpha value is -1.05. The minimum atomic E-state index is -4.02. The van der Waals surface area contributed by atoms with Crippen LogP contribution < -0.4 is 10.5 Å². The average Bonchev–Trinajstić information content (AvgIpc) is 2.76. The number of sulfonamides is 1. The van der Waals surface area contributed by atoms with Crippen molar-refractivity contribution in [2.75, 3.05) is 6.54 Å². The number of hydrogen-bond donors (Lipinski definition) is 2. The molecule has 0 radical (unpaired) electrons. The zero-order valence-corrected chi connectivity index (χ0v) is 11.1. The minimum Gasteiger partial charge on any atom is -0.328 e. The molecule has 0 heterocycles. The van der Waals surface area contributed by atoms with Gasteiger partial charge in [-0.3, -0.25) is 0 Å². The number of hydrogen-bond acceptors (Lipinski definition) is 3. The second kappa shape index (κ2) is 5.52. The lowest BCUT2D eigenvalue weighted by Crippen LogP contribution is -2.30. The Balaban J connectivity index is 2.08. The van der Waals surface area contributed by atoms with E-state index in [0.29, 0.717) is 6.07 Å². The molecule has 7 heteroatoms. The molecule has 1 aliphatic rings. The van der Waals surface area contributed by atoms with Crippen LogP contribution in [0.15, 0.2) is 23.1 Å². The fourth-order valence-electron chi connectivity index (χ4n) is 2.29. The smallest absolute Gasteiger partial charge is 0.243 e. The third-order valence-corrected chi connectivity index (χ3v) is 4.77. The third kappa shape index (κ3) is 3.49. The highest BCUT2D eigenvalue weighted by Gasteiger charge is 2.25. The molecular formula is C12H16F2N2O2S. The van der Waals surface area contributed by atoms with Crippen molar-refractivity contribution < 1.29 is 17.2 Å². The summed E-state index contributed by atoms with van der Waals surface area (Å²) in [6, 6.07) is 2.46. The molecule has 0 bridgehead atoms. The summed E-state index contributed by atoms with van der Waals surface area (Å²) in [4.78, 5) is -0.658. The summed E-state index contributed by atoms with van der Waals surface area (Å²) in [7, 11) is -4.02. The first-order valence-electron chi connectivity index (χ1n) is 6.09. The standard InChI is InChI=1S/C12H16F2N2O2S/c13-9-2-4-11(14)12(6-9)19(17,18)16-7-8-1-3-10(15)5-8/h2,4,6,8,10,16H,1,3,5,7,15H2.